The molecule has 0 saturated carbocycles. The minimum absolute atomic E-state index is 0.0520. The smallest absolute Gasteiger partial charge is 0.221 e. The van der Waals surface area contributed by atoms with Crippen molar-refractivity contribution in [3.63, 3.8) is 0 Å². The third-order valence-electron chi connectivity index (χ3n) is 5.25. The van der Waals surface area contributed by atoms with Crippen LogP contribution in [0.15, 0.2) is 78.9 Å². The largest absolute Gasteiger partial charge is 0.326 e. The second-order valence-corrected chi connectivity index (χ2v) is 8.32. The molecule has 154 valence electrons. The minimum atomic E-state index is -0.0520. The number of amides is 1. The van der Waals surface area contributed by atoms with Crippen molar-refractivity contribution in [2.24, 2.45) is 5.92 Å². The predicted octanol–water partition coefficient (Wildman–Crippen LogP) is 7.33. The number of rotatable bonds is 7. The fourth-order valence-electron chi connectivity index (χ4n) is 3.53. The highest BCUT2D eigenvalue weighted by Gasteiger charge is 2.04. The molecule has 0 aliphatic rings. The lowest BCUT2D eigenvalue weighted by molar-refractivity contribution is -0.114. The highest BCUT2D eigenvalue weighted by molar-refractivity contribution is 5.89. The van der Waals surface area contributed by atoms with E-state index in [-0.39, 0.29) is 5.91 Å². The molecule has 0 saturated heterocycles. The summed E-state index contributed by atoms with van der Waals surface area (Å²) in [6, 6.07) is 25.7. The van der Waals surface area contributed by atoms with Crippen molar-refractivity contribution in [2.75, 3.05) is 5.32 Å². The van der Waals surface area contributed by atoms with Crippen LogP contribution in [0.25, 0.3) is 17.2 Å². The first kappa shape index (κ1) is 21.6. The van der Waals surface area contributed by atoms with Crippen LogP contribution in [0, 0.1) is 5.92 Å². The van der Waals surface area contributed by atoms with Crippen molar-refractivity contribution in [3.05, 3.63) is 95.6 Å². The van der Waals surface area contributed by atoms with Gasteiger partial charge < -0.3 is 5.32 Å². The number of carbonyl (C=O) groups excluding carboxylic acids is 1. The molecule has 0 aliphatic heterocycles. The van der Waals surface area contributed by atoms with Crippen molar-refractivity contribution >= 4 is 17.7 Å². The van der Waals surface area contributed by atoms with E-state index < -0.39 is 0 Å². The van der Waals surface area contributed by atoms with Gasteiger partial charge in [-0.1, -0.05) is 93.6 Å². The van der Waals surface area contributed by atoms with E-state index in [1.807, 2.05) is 24.3 Å². The van der Waals surface area contributed by atoms with Crippen LogP contribution < -0.4 is 5.32 Å². The molecule has 0 spiro atoms. The summed E-state index contributed by atoms with van der Waals surface area (Å²) in [6.07, 6.45) is 5.35. The number of carbonyl (C=O) groups is 1. The Morgan fingerprint density at radius 3 is 2.13 bits per heavy atom. The molecule has 0 aromatic heterocycles. The zero-order chi connectivity index (χ0) is 21.5. The van der Waals surface area contributed by atoms with Gasteiger partial charge in [0.15, 0.2) is 0 Å². The fraction of sp³-hybridized carbons (Fsp3) is 0.250. The first-order chi connectivity index (χ1) is 14.4. The van der Waals surface area contributed by atoms with E-state index in [1.54, 1.807) is 0 Å². The second kappa shape index (κ2) is 10.1. The molecule has 2 heteroatoms. The van der Waals surface area contributed by atoms with E-state index >= 15 is 0 Å². The van der Waals surface area contributed by atoms with Crippen LogP contribution in [0.1, 0.15) is 50.3 Å². The van der Waals surface area contributed by atoms with E-state index in [1.165, 1.54) is 29.2 Å². The van der Waals surface area contributed by atoms with E-state index in [0.717, 1.165) is 17.7 Å². The standard InChI is InChI=1S/C28H31NO/c1-20(2)25-14-16-27(17-15-25)26-12-10-24(11-13-26)18-21(3)8-9-23-6-5-7-28(19-23)29-22(4)30/h5-17,19-21H,18H2,1-4H3,(H,29,30)/b9-8+. The maximum absolute atomic E-state index is 11.2. The summed E-state index contributed by atoms with van der Waals surface area (Å²) in [5.74, 6) is 0.929. The third kappa shape index (κ3) is 6.18. The van der Waals surface area contributed by atoms with Crippen molar-refractivity contribution < 1.29 is 4.79 Å². The lowest BCUT2D eigenvalue weighted by Crippen LogP contribution is -2.05. The Hall–Kier alpha value is -3.13. The zero-order valence-corrected chi connectivity index (χ0v) is 18.4. The number of allylic oxidation sites excluding steroid dienone is 1. The summed E-state index contributed by atoms with van der Waals surface area (Å²) < 4.78 is 0. The number of hydrogen-bond acceptors (Lipinski definition) is 1. The van der Waals surface area contributed by atoms with Gasteiger partial charge in [0, 0.05) is 12.6 Å². The van der Waals surface area contributed by atoms with Gasteiger partial charge in [-0.2, -0.15) is 0 Å². The Morgan fingerprint density at radius 1 is 0.900 bits per heavy atom. The average Bonchev–Trinajstić information content (AvgIpc) is 2.73. The minimum Gasteiger partial charge on any atom is -0.326 e. The highest BCUT2D eigenvalue weighted by atomic mass is 16.1. The maximum Gasteiger partial charge on any atom is 0.221 e. The molecule has 3 rings (SSSR count). The lowest BCUT2D eigenvalue weighted by Gasteiger charge is -2.10. The molecule has 0 bridgehead atoms. The molecule has 0 radical (unpaired) electrons. The molecule has 0 aliphatic carbocycles. The van der Waals surface area contributed by atoms with Crippen molar-refractivity contribution in [3.8, 4) is 11.1 Å². The Balaban J connectivity index is 1.61. The Kier molecular flexibility index (Phi) is 7.24. The number of anilines is 1. The Labute approximate surface area is 180 Å². The predicted molar refractivity (Wildman–Crippen MR) is 129 cm³/mol. The molecule has 2 nitrogen and oxygen atoms in total. The van der Waals surface area contributed by atoms with Crippen molar-refractivity contribution in [2.45, 2.75) is 40.0 Å². The first-order valence-corrected chi connectivity index (χ1v) is 10.7. The normalized spacial score (nSPS) is 12.3. The number of benzene rings is 3. The molecular formula is C28H31NO. The molecule has 0 heterocycles. The number of nitrogens with one attached hydrogen (secondary N) is 1. The quantitative estimate of drug-likeness (QED) is 0.444. The molecule has 30 heavy (non-hydrogen) atoms. The molecule has 1 unspecified atom stereocenters. The molecule has 1 amide bonds. The van der Waals surface area contributed by atoms with E-state index in [9.17, 15) is 4.79 Å². The van der Waals surface area contributed by atoms with Crippen molar-refractivity contribution in [1.29, 1.82) is 0 Å². The Bertz CT molecular complexity index is 998. The molecule has 3 aromatic rings. The summed E-state index contributed by atoms with van der Waals surface area (Å²) >= 11 is 0. The van der Waals surface area contributed by atoms with Gasteiger partial charge in [-0.15, -0.1) is 0 Å². The first-order valence-electron chi connectivity index (χ1n) is 10.7. The fourth-order valence-corrected chi connectivity index (χ4v) is 3.53. The molecule has 3 aromatic carbocycles. The van der Waals surface area contributed by atoms with Gasteiger partial charge in [-0.25, -0.2) is 0 Å². The highest BCUT2D eigenvalue weighted by Crippen LogP contribution is 2.24. The Morgan fingerprint density at radius 2 is 1.53 bits per heavy atom. The third-order valence-corrected chi connectivity index (χ3v) is 5.25. The van der Waals surface area contributed by atoms with Crippen molar-refractivity contribution in [1.82, 2.24) is 0 Å². The van der Waals surface area contributed by atoms with Gasteiger partial charge >= 0.3 is 0 Å². The zero-order valence-electron chi connectivity index (χ0n) is 18.4. The van der Waals surface area contributed by atoms with Gasteiger partial charge in [0.05, 0.1) is 0 Å². The van der Waals surface area contributed by atoms with E-state index in [4.69, 9.17) is 0 Å². The van der Waals surface area contributed by atoms with Gasteiger partial charge in [0.1, 0.15) is 0 Å². The second-order valence-electron chi connectivity index (χ2n) is 8.32. The molecule has 0 fully saturated rings. The van der Waals surface area contributed by atoms with E-state index in [0.29, 0.717) is 11.8 Å². The summed E-state index contributed by atoms with van der Waals surface area (Å²) in [4.78, 5) is 11.2. The number of hydrogen-bond donors (Lipinski definition) is 1. The summed E-state index contributed by atoms with van der Waals surface area (Å²) in [7, 11) is 0. The van der Waals surface area contributed by atoms with Crippen LogP contribution in [-0.4, -0.2) is 5.91 Å². The topological polar surface area (TPSA) is 29.1 Å². The van der Waals surface area contributed by atoms with Crippen LogP contribution in [-0.2, 0) is 11.2 Å². The van der Waals surface area contributed by atoms with Crippen LogP contribution in [0.5, 0.6) is 0 Å². The van der Waals surface area contributed by atoms with E-state index in [2.05, 4.69) is 86.8 Å². The van der Waals surface area contributed by atoms with Crippen LogP contribution in [0.2, 0.25) is 0 Å². The molecule has 1 atom stereocenters. The maximum atomic E-state index is 11.2. The molecule has 1 N–H and O–H groups in total. The SMILES string of the molecule is CC(=O)Nc1cccc(/C=C/C(C)Cc2ccc(-c3ccc(C(C)C)cc3)cc2)c1. The monoisotopic (exact) mass is 397 g/mol. The molecular weight excluding hydrogens is 366 g/mol. The van der Waals surface area contributed by atoms with Gasteiger partial charge in [-0.3, -0.25) is 4.79 Å². The summed E-state index contributed by atoms with van der Waals surface area (Å²) in [5.41, 5.74) is 7.15. The summed E-state index contributed by atoms with van der Waals surface area (Å²) in [6.45, 7) is 8.20. The van der Waals surface area contributed by atoms with Gasteiger partial charge in [0.2, 0.25) is 5.91 Å². The summed E-state index contributed by atoms with van der Waals surface area (Å²) in [5, 5.41) is 2.83. The average molecular weight is 398 g/mol. The van der Waals surface area contributed by atoms with Gasteiger partial charge in [0.25, 0.3) is 0 Å². The van der Waals surface area contributed by atoms with Crippen LogP contribution in [0.4, 0.5) is 5.69 Å². The lowest BCUT2D eigenvalue weighted by atomic mass is 9.96. The van der Waals surface area contributed by atoms with Crippen LogP contribution in [0.3, 0.4) is 0 Å². The van der Waals surface area contributed by atoms with Gasteiger partial charge in [-0.05, 0) is 58.2 Å². The van der Waals surface area contributed by atoms with Crippen LogP contribution >= 0.6 is 0 Å².